The third kappa shape index (κ3) is 4.01. The molecule has 2 aromatic carbocycles. The van der Waals surface area contributed by atoms with E-state index in [1.165, 1.54) is 0 Å². The molecule has 2 aromatic rings. The van der Waals surface area contributed by atoms with Crippen molar-refractivity contribution in [2.45, 2.75) is 9.79 Å². The molecule has 0 aliphatic rings. The van der Waals surface area contributed by atoms with Crippen LogP contribution in [0.4, 0.5) is 5.69 Å². The second kappa shape index (κ2) is 6.98. The van der Waals surface area contributed by atoms with Gasteiger partial charge in [0.05, 0.1) is 13.7 Å². The number of hydrogen-bond acceptors (Lipinski definition) is 4. The third-order valence-corrected chi connectivity index (χ3v) is 3.56. The zero-order valence-electron chi connectivity index (χ0n) is 11.1. The quantitative estimate of drug-likeness (QED) is 0.888. The summed E-state index contributed by atoms with van der Waals surface area (Å²) in [7, 11) is 1.65. The van der Waals surface area contributed by atoms with Crippen molar-refractivity contribution in [3.63, 3.8) is 0 Å². The maximum absolute atomic E-state index is 11.3. The molecule has 0 saturated heterocycles. The number of amides is 1. The number of hydrogen-bond donors (Lipinski definition) is 2. The normalized spacial score (nSPS) is 10.1. The van der Waals surface area contributed by atoms with Crippen LogP contribution in [-0.2, 0) is 4.79 Å². The Kier molecular flexibility index (Phi) is 5.03. The van der Waals surface area contributed by atoms with Crippen LogP contribution in [0.15, 0.2) is 58.3 Å². The molecule has 1 amide bonds. The summed E-state index contributed by atoms with van der Waals surface area (Å²) in [5.74, 6) is 0.621. The minimum absolute atomic E-state index is 0.0206. The second-order valence-corrected chi connectivity index (χ2v) is 5.21. The zero-order chi connectivity index (χ0) is 14.4. The molecule has 3 N–H and O–H groups in total. The van der Waals surface area contributed by atoms with Gasteiger partial charge in [-0.2, -0.15) is 0 Å². The van der Waals surface area contributed by atoms with Gasteiger partial charge in [-0.05, 0) is 36.4 Å². The van der Waals surface area contributed by atoms with Gasteiger partial charge in [0.25, 0.3) is 0 Å². The molecule has 0 heterocycles. The first-order valence-electron chi connectivity index (χ1n) is 6.13. The molecule has 5 heteroatoms. The van der Waals surface area contributed by atoms with Gasteiger partial charge in [-0.25, -0.2) is 0 Å². The Morgan fingerprint density at radius 2 is 1.90 bits per heavy atom. The minimum Gasteiger partial charge on any atom is -0.497 e. The van der Waals surface area contributed by atoms with E-state index in [0.717, 1.165) is 21.2 Å². The Bertz CT molecular complexity index is 602. The molecule has 104 valence electrons. The largest absolute Gasteiger partial charge is 0.497 e. The lowest BCUT2D eigenvalue weighted by molar-refractivity contribution is -0.114. The van der Waals surface area contributed by atoms with Crippen LogP contribution in [0.2, 0.25) is 0 Å². The van der Waals surface area contributed by atoms with Crippen LogP contribution >= 0.6 is 11.8 Å². The summed E-state index contributed by atoms with van der Waals surface area (Å²) < 4.78 is 5.20. The summed E-state index contributed by atoms with van der Waals surface area (Å²) in [4.78, 5) is 13.4. The number of ether oxygens (including phenoxy) is 1. The predicted molar refractivity (Wildman–Crippen MR) is 81.2 cm³/mol. The molecule has 0 fully saturated rings. The first-order chi connectivity index (χ1) is 9.71. The Balaban J connectivity index is 2.12. The van der Waals surface area contributed by atoms with Gasteiger partial charge < -0.3 is 15.8 Å². The third-order valence-electron chi connectivity index (χ3n) is 2.58. The van der Waals surface area contributed by atoms with E-state index in [0.29, 0.717) is 0 Å². The topological polar surface area (TPSA) is 64.3 Å². The molecule has 0 aliphatic heterocycles. The van der Waals surface area contributed by atoms with Gasteiger partial charge in [0, 0.05) is 15.5 Å². The smallest absolute Gasteiger partial charge is 0.238 e. The number of anilines is 1. The van der Waals surface area contributed by atoms with Crippen molar-refractivity contribution in [2.75, 3.05) is 19.0 Å². The highest BCUT2D eigenvalue weighted by Gasteiger charge is 2.03. The lowest BCUT2D eigenvalue weighted by atomic mass is 10.3. The molecule has 0 bridgehead atoms. The zero-order valence-corrected chi connectivity index (χ0v) is 11.9. The second-order valence-electron chi connectivity index (χ2n) is 4.06. The molecular weight excluding hydrogens is 272 g/mol. The van der Waals surface area contributed by atoms with E-state index in [1.807, 2.05) is 48.5 Å². The standard InChI is InChI=1S/C15H16N2O2S/c1-19-12-5-3-7-14(9-12)20-13-6-2-4-11(8-13)17-15(18)10-16/h2-9H,10,16H2,1H3,(H,17,18). The van der Waals surface area contributed by atoms with Crippen molar-refractivity contribution in [1.29, 1.82) is 0 Å². The summed E-state index contributed by atoms with van der Waals surface area (Å²) in [5, 5.41) is 2.74. The number of carbonyl (C=O) groups is 1. The van der Waals surface area contributed by atoms with E-state index in [-0.39, 0.29) is 12.5 Å². The van der Waals surface area contributed by atoms with Gasteiger partial charge in [0.1, 0.15) is 5.75 Å². The Hall–Kier alpha value is -1.98. The van der Waals surface area contributed by atoms with Gasteiger partial charge in [-0.15, -0.1) is 0 Å². The molecule has 0 atom stereocenters. The van der Waals surface area contributed by atoms with E-state index in [2.05, 4.69) is 5.32 Å². The lowest BCUT2D eigenvalue weighted by Gasteiger charge is -2.07. The fourth-order valence-corrected chi connectivity index (χ4v) is 2.58. The number of methoxy groups -OCH3 is 1. The van der Waals surface area contributed by atoms with E-state index >= 15 is 0 Å². The molecule has 0 aliphatic carbocycles. The van der Waals surface area contributed by atoms with Crippen LogP contribution in [-0.4, -0.2) is 19.6 Å². The van der Waals surface area contributed by atoms with Gasteiger partial charge in [-0.1, -0.05) is 23.9 Å². The first kappa shape index (κ1) is 14.4. The average Bonchev–Trinajstić information content (AvgIpc) is 2.47. The number of rotatable bonds is 5. The summed E-state index contributed by atoms with van der Waals surface area (Å²) in [6.07, 6.45) is 0. The monoisotopic (exact) mass is 288 g/mol. The van der Waals surface area contributed by atoms with Crippen LogP contribution in [0.1, 0.15) is 0 Å². The molecule has 0 saturated carbocycles. The average molecular weight is 288 g/mol. The highest BCUT2D eigenvalue weighted by molar-refractivity contribution is 7.99. The summed E-state index contributed by atoms with van der Waals surface area (Å²) >= 11 is 1.60. The van der Waals surface area contributed by atoms with Crippen LogP contribution in [0.25, 0.3) is 0 Å². The Morgan fingerprint density at radius 1 is 1.20 bits per heavy atom. The van der Waals surface area contributed by atoms with E-state index in [1.54, 1.807) is 18.9 Å². The Morgan fingerprint density at radius 3 is 2.60 bits per heavy atom. The van der Waals surface area contributed by atoms with Gasteiger partial charge in [0.15, 0.2) is 0 Å². The minimum atomic E-state index is -0.200. The maximum atomic E-state index is 11.3. The number of nitrogens with two attached hydrogens (primary N) is 1. The van der Waals surface area contributed by atoms with E-state index < -0.39 is 0 Å². The van der Waals surface area contributed by atoms with Gasteiger partial charge in [-0.3, -0.25) is 4.79 Å². The summed E-state index contributed by atoms with van der Waals surface area (Å²) in [6, 6.07) is 15.5. The summed E-state index contributed by atoms with van der Waals surface area (Å²) in [5.41, 5.74) is 6.03. The van der Waals surface area contributed by atoms with Crippen molar-refractivity contribution in [3.8, 4) is 5.75 Å². The van der Waals surface area contributed by atoms with Gasteiger partial charge in [0.2, 0.25) is 5.91 Å². The van der Waals surface area contributed by atoms with Crippen LogP contribution < -0.4 is 15.8 Å². The Labute approximate surface area is 122 Å². The molecular formula is C15H16N2O2S. The fraction of sp³-hybridized carbons (Fsp3) is 0.133. The van der Waals surface area contributed by atoms with E-state index in [4.69, 9.17) is 10.5 Å². The van der Waals surface area contributed by atoms with Crippen molar-refractivity contribution < 1.29 is 9.53 Å². The molecule has 20 heavy (non-hydrogen) atoms. The van der Waals surface area contributed by atoms with Crippen molar-refractivity contribution >= 4 is 23.4 Å². The summed E-state index contributed by atoms with van der Waals surface area (Å²) in [6.45, 7) is -0.0206. The highest BCUT2D eigenvalue weighted by atomic mass is 32.2. The van der Waals surface area contributed by atoms with Gasteiger partial charge >= 0.3 is 0 Å². The molecule has 0 spiro atoms. The highest BCUT2D eigenvalue weighted by Crippen LogP contribution is 2.31. The SMILES string of the molecule is COc1cccc(Sc2cccc(NC(=O)CN)c2)c1. The van der Waals surface area contributed by atoms with Crippen LogP contribution in [0.3, 0.4) is 0 Å². The molecule has 0 aromatic heterocycles. The van der Waals surface area contributed by atoms with Crippen molar-refractivity contribution in [2.24, 2.45) is 5.73 Å². The number of nitrogens with one attached hydrogen (secondary N) is 1. The number of carbonyl (C=O) groups excluding carboxylic acids is 1. The first-order valence-corrected chi connectivity index (χ1v) is 6.95. The van der Waals surface area contributed by atoms with Crippen LogP contribution in [0, 0.1) is 0 Å². The van der Waals surface area contributed by atoms with E-state index in [9.17, 15) is 4.79 Å². The number of benzene rings is 2. The van der Waals surface area contributed by atoms with Crippen LogP contribution in [0.5, 0.6) is 5.75 Å². The lowest BCUT2D eigenvalue weighted by Crippen LogP contribution is -2.21. The molecule has 4 nitrogen and oxygen atoms in total. The molecule has 2 rings (SSSR count). The maximum Gasteiger partial charge on any atom is 0.238 e. The van der Waals surface area contributed by atoms with Crippen molar-refractivity contribution in [1.82, 2.24) is 0 Å². The molecule has 0 unspecified atom stereocenters. The fourth-order valence-electron chi connectivity index (χ4n) is 1.65. The molecule has 0 radical (unpaired) electrons. The van der Waals surface area contributed by atoms with Crippen molar-refractivity contribution in [3.05, 3.63) is 48.5 Å². The predicted octanol–water partition coefficient (Wildman–Crippen LogP) is 2.74.